The molecular weight excluding hydrogens is 311 g/mol. The number of carbonyl (C=O) groups excluding carboxylic acids is 1. The Morgan fingerprint density at radius 1 is 1.21 bits per heavy atom. The van der Waals surface area contributed by atoms with Gasteiger partial charge in [0, 0.05) is 10.9 Å². The zero-order chi connectivity index (χ0) is 13.8. The molecule has 0 aliphatic heterocycles. The topological polar surface area (TPSA) is 26.3 Å². The van der Waals surface area contributed by atoms with Crippen LogP contribution in [-0.2, 0) is 6.42 Å². The average Bonchev–Trinajstić information content (AvgIpc) is 2.39. The van der Waals surface area contributed by atoms with Crippen molar-refractivity contribution < 1.29 is 13.9 Å². The van der Waals surface area contributed by atoms with Gasteiger partial charge in [-0.3, -0.25) is 4.79 Å². The van der Waals surface area contributed by atoms with Crippen LogP contribution in [0.15, 0.2) is 46.9 Å². The highest BCUT2D eigenvalue weighted by Crippen LogP contribution is 2.18. The maximum atomic E-state index is 13.7. The van der Waals surface area contributed by atoms with Crippen molar-refractivity contribution in [1.29, 1.82) is 0 Å². The number of methoxy groups -OCH3 is 1. The lowest BCUT2D eigenvalue weighted by atomic mass is 10.0. The normalized spacial score (nSPS) is 10.3. The van der Waals surface area contributed by atoms with Crippen LogP contribution in [0.1, 0.15) is 15.9 Å². The molecule has 0 heterocycles. The third kappa shape index (κ3) is 3.41. The molecule has 2 nitrogen and oxygen atoms in total. The number of hydrogen-bond acceptors (Lipinski definition) is 2. The van der Waals surface area contributed by atoms with Gasteiger partial charge in [-0.25, -0.2) is 4.39 Å². The molecule has 0 N–H and O–H groups in total. The van der Waals surface area contributed by atoms with E-state index in [1.165, 1.54) is 12.1 Å². The Bertz CT molecular complexity index is 594. The van der Waals surface area contributed by atoms with E-state index in [9.17, 15) is 9.18 Å². The molecule has 0 aliphatic rings. The van der Waals surface area contributed by atoms with E-state index in [0.717, 1.165) is 11.3 Å². The zero-order valence-corrected chi connectivity index (χ0v) is 11.9. The molecule has 0 aliphatic carbocycles. The number of hydrogen-bond donors (Lipinski definition) is 0. The number of halogens is 2. The number of benzene rings is 2. The fourth-order valence-corrected chi connectivity index (χ4v) is 2.07. The Labute approximate surface area is 119 Å². The molecule has 0 saturated heterocycles. The van der Waals surface area contributed by atoms with E-state index in [1.807, 2.05) is 0 Å². The van der Waals surface area contributed by atoms with Crippen LogP contribution in [0, 0.1) is 5.82 Å². The Morgan fingerprint density at radius 3 is 2.47 bits per heavy atom. The van der Waals surface area contributed by atoms with Gasteiger partial charge in [-0.15, -0.1) is 0 Å². The predicted molar refractivity (Wildman–Crippen MR) is 75.1 cm³/mol. The van der Waals surface area contributed by atoms with Crippen LogP contribution in [0.5, 0.6) is 5.75 Å². The Hall–Kier alpha value is -1.68. The summed E-state index contributed by atoms with van der Waals surface area (Å²) in [6, 6.07) is 11.6. The second-order valence-electron chi connectivity index (χ2n) is 4.07. The van der Waals surface area contributed by atoms with Crippen LogP contribution in [-0.4, -0.2) is 12.9 Å². The van der Waals surface area contributed by atoms with Crippen molar-refractivity contribution in [3.63, 3.8) is 0 Å². The summed E-state index contributed by atoms with van der Waals surface area (Å²) in [6.07, 6.45) is 0.169. The first-order chi connectivity index (χ1) is 9.10. The van der Waals surface area contributed by atoms with Crippen LogP contribution in [0.2, 0.25) is 0 Å². The maximum Gasteiger partial charge on any atom is 0.170 e. The molecule has 0 radical (unpaired) electrons. The second-order valence-corrected chi connectivity index (χ2v) is 4.99. The van der Waals surface area contributed by atoms with Gasteiger partial charge in [0.2, 0.25) is 0 Å². The monoisotopic (exact) mass is 322 g/mol. The van der Waals surface area contributed by atoms with E-state index in [-0.39, 0.29) is 17.8 Å². The van der Waals surface area contributed by atoms with Crippen molar-refractivity contribution >= 4 is 21.7 Å². The molecule has 98 valence electrons. The quantitative estimate of drug-likeness (QED) is 0.795. The number of carbonyl (C=O) groups is 1. The molecule has 0 aromatic heterocycles. The van der Waals surface area contributed by atoms with Crippen molar-refractivity contribution in [2.45, 2.75) is 6.42 Å². The van der Waals surface area contributed by atoms with Crippen LogP contribution >= 0.6 is 15.9 Å². The smallest absolute Gasteiger partial charge is 0.170 e. The van der Waals surface area contributed by atoms with Crippen molar-refractivity contribution in [2.75, 3.05) is 7.11 Å². The molecule has 2 aromatic rings. The largest absolute Gasteiger partial charge is 0.497 e. The lowest BCUT2D eigenvalue weighted by molar-refractivity contribution is 0.0989. The second kappa shape index (κ2) is 5.97. The van der Waals surface area contributed by atoms with Gasteiger partial charge in [0.05, 0.1) is 12.7 Å². The van der Waals surface area contributed by atoms with Gasteiger partial charge in [0.1, 0.15) is 11.6 Å². The van der Waals surface area contributed by atoms with Crippen LogP contribution in [0.25, 0.3) is 0 Å². The molecule has 2 rings (SSSR count). The fraction of sp³-hybridized carbons (Fsp3) is 0.133. The molecule has 0 bridgehead atoms. The highest BCUT2D eigenvalue weighted by Gasteiger charge is 2.12. The molecule has 2 aromatic carbocycles. The molecule has 0 spiro atoms. The first kappa shape index (κ1) is 13.7. The fourth-order valence-electron chi connectivity index (χ4n) is 1.74. The minimum Gasteiger partial charge on any atom is -0.497 e. The van der Waals surface area contributed by atoms with E-state index < -0.39 is 5.82 Å². The molecule has 19 heavy (non-hydrogen) atoms. The van der Waals surface area contributed by atoms with Gasteiger partial charge in [-0.2, -0.15) is 0 Å². The van der Waals surface area contributed by atoms with Crippen LogP contribution in [0.3, 0.4) is 0 Å². The summed E-state index contributed by atoms with van der Waals surface area (Å²) in [7, 11) is 1.58. The minimum absolute atomic E-state index is 0.110. The summed E-state index contributed by atoms with van der Waals surface area (Å²) in [4.78, 5) is 12.0. The number of rotatable bonds is 4. The third-order valence-corrected chi connectivity index (χ3v) is 3.25. The first-order valence-electron chi connectivity index (χ1n) is 5.71. The summed E-state index contributed by atoms with van der Waals surface area (Å²) in [5.41, 5.74) is 0.937. The predicted octanol–water partition coefficient (Wildman–Crippen LogP) is 4.02. The van der Waals surface area contributed by atoms with Gasteiger partial charge in [-0.1, -0.05) is 28.1 Å². The Kier molecular flexibility index (Phi) is 4.32. The van der Waals surface area contributed by atoms with Gasteiger partial charge >= 0.3 is 0 Å². The zero-order valence-electron chi connectivity index (χ0n) is 10.3. The third-order valence-electron chi connectivity index (χ3n) is 2.76. The lowest BCUT2D eigenvalue weighted by Gasteiger charge is -2.05. The standard InChI is InChI=1S/C15H12BrFO2/c1-19-12-5-2-10(3-6-12)8-15(18)13-7-4-11(16)9-14(13)17/h2-7,9H,8H2,1H3. The molecular formula is C15H12BrFO2. The minimum atomic E-state index is -0.507. The van der Waals surface area contributed by atoms with Gasteiger partial charge < -0.3 is 4.74 Å². The van der Waals surface area contributed by atoms with Gasteiger partial charge in [0.15, 0.2) is 5.78 Å². The first-order valence-corrected chi connectivity index (χ1v) is 6.50. The SMILES string of the molecule is COc1ccc(CC(=O)c2ccc(Br)cc2F)cc1. The number of Topliss-reactive ketones (excluding diaryl/α,β-unsaturated/α-hetero) is 1. The number of ether oxygens (including phenoxy) is 1. The molecule has 0 amide bonds. The number of ketones is 1. The summed E-state index contributed by atoms with van der Waals surface area (Å²) in [5, 5.41) is 0. The van der Waals surface area contributed by atoms with Crippen molar-refractivity contribution in [3.8, 4) is 5.75 Å². The van der Waals surface area contributed by atoms with E-state index in [2.05, 4.69) is 15.9 Å². The summed E-state index contributed by atoms with van der Waals surface area (Å²) < 4.78 is 19.3. The van der Waals surface area contributed by atoms with E-state index in [4.69, 9.17) is 4.74 Å². The molecule has 0 unspecified atom stereocenters. The van der Waals surface area contributed by atoms with Gasteiger partial charge in [0.25, 0.3) is 0 Å². The van der Waals surface area contributed by atoms with Crippen molar-refractivity contribution in [1.82, 2.24) is 0 Å². The van der Waals surface area contributed by atoms with E-state index in [1.54, 1.807) is 37.4 Å². The summed E-state index contributed by atoms with van der Waals surface area (Å²) >= 11 is 3.16. The molecule has 0 saturated carbocycles. The van der Waals surface area contributed by atoms with Crippen LogP contribution in [0.4, 0.5) is 4.39 Å². The van der Waals surface area contributed by atoms with Crippen molar-refractivity contribution in [2.24, 2.45) is 0 Å². The Balaban J connectivity index is 2.15. The Morgan fingerprint density at radius 2 is 1.89 bits per heavy atom. The molecule has 0 fully saturated rings. The lowest BCUT2D eigenvalue weighted by Crippen LogP contribution is -2.06. The summed E-state index contributed by atoms with van der Waals surface area (Å²) in [5.74, 6) is -0.0194. The maximum absolute atomic E-state index is 13.7. The van der Waals surface area contributed by atoms with E-state index >= 15 is 0 Å². The molecule has 0 atom stereocenters. The highest BCUT2D eigenvalue weighted by molar-refractivity contribution is 9.10. The highest BCUT2D eigenvalue weighted by atomic mass is 79.9. The van der Waals surface area contributed by atoms with Gasteiger partial charge in [-0.05, 0) is 35.9 Å². The average molecular weight is 323 g/mol. The molecule has 4 heteroatoms. The van der Waals surface area contributed by atoms with Crippen LogP contribution < -0.4 is 4.74 Å². The van der Waals surface area contributed by atoms with E-state index in [0.29, 0.717) is 4.47 Å². The summed E-state index contributed by atoms with van der Waals surface area (Å²) in [6.45, 7) is 0. The van der Waals surface area contributed by atoms with Crippen molar-refractivity contribution in [3.05, 3.63) is 63.9 Å².